The van der Waals surface area contributed by atoms with E-state index in [0.717, 1.165) is 42.0 Å². The molecule has 172 valence electrons. The van der Waals surface area contributed by atoms with Crippen molar-refractivity contribution in [1.29, 1.82) is 0 Å². The first-order valence-electron chi connectivity index (χ1n) is 11.6. The monoisotopic (exact) mass is 464 g/mol. The molecule has 4 atom stereocenters. The number of hydrogen-bond donors (Lipinski definition) is 1. The molecule has 33 heavy (non-hydrogen) atoms. The lowest BCUT2D eigenvalue weighted by molar-refractivity contribution is 0.110. The van der Waals surface area contributed by atoms with Crippen LogP contribution in [-0.2, 0) is 17.2 Å². The van der Waals surface area contributed by atoms with Gasteiger partial charge in [-0.15, -0.1) is 0 Å². The molecule has 1 heterocycles. The third-order valence-corrected chi connectivity index (χ3v) is 8.83. The zero-order valence-electron chi connectivity index (χ0n) is 18.8. The van der Waals surface area contributed by atoms with Crippen LogP contribution in [-0.4, -0.2) is 31.0 Å². The fourth-order valence-corrected chi connectivity index (χ4v) is 6.66. The largest absolute Gasteiger partial charge is 0.393 e. The minimum atomic E-state index is -1.08. The number of aromatic nitrogens is 2. The Morgan fingerprint density at radius 3 is 2.73 bits per heavy atom. The Bertz CT molecular complexity index is 1190. The van der Waals surface area contributed by atoms with Crippen LogP contribution in [0.25, 0.3) is 11.8 Å². The molecule has 1 saturated carbocycles. The third kappa shape index (κ3) is 4.34. The first-order valence-corrected chi connectivity index (χ1v) is 12.9. The van der Waals surface area contributed by atoms with Crippen LogP contribution in [0.5, 0.6) is 0 Å². The standard InChI is InChI=1S/C27H29FN2O2S/c1-27-17-19-18-29-30(23-11-9-22(28)10-12-23)26(19)16-21(27)8-7-20(27)15-24(31)13-14-33(32)25-5-3-2-4-6-25/h2-6,9-12,16,18,20,24,31H,7-8,13-15,17H2,1H3/t20-,24+,27-,33?/m1/s1. The van der Waals surface area contributed by atoms with Gasteiger partial charge in [0, 0.05) is 10.6 Å². The summed E-state index contributed by atoms with van der Waals surface area (Å²) in [6.45, 7) is 2.31. The summed E-state index contributed by atoms with van der Waals surface area (Å²) in [6.07, 6.45) is 7.94. The highest BCUT2D eigenvalue weighted by atomic mass is 32.2. The molecule has 0 saturated heterocycles. The Balaban J connectivity index is 1.27. The molecular weight excluding hydrogens is 435 g/mol. The number of allylic oxidation sites excluding steroid dienone is 1. The predicted octanol–water partition coefficient (Wildman–Crippen LogP) is 5.32. The number of aliphatic hydroxyl groups excluding tert-OH is 1. The summed E-state index contributed by atoms with van der Waals surface area (Å²) >= 11 is 0. The fraction of sp³-hybridized carbons (Fsp3) is 0.370. The highest BCUT2D eigenvalue weighted by molar-refractivity contribution is 7.85. The van der Waals surface area contributed by atoms with Crippen molar-refractivity contribution in [3.63, 3.8) is 0 Å². The van der Waals surface area contributed by atoms with Crippen LogP contribution < -0.4 is 0 Å². The van der Waals surface area contributed by atoms with Gasteiger partial charge in [-0.3, -0.25) is 4.21 Å². The Morgan fingerprint density at radius 2 is 1.97 bits per heavy atom. The number of hydrogen-bond acceptors (Lipinski definition) is 3. The second kappa shape index (κ2) is 8.99. The number of rotatable bonds is 7. The van der Waals surface area contributed by atoms with Gasteiger partial charge in [-0.05, 0) is 91.5 Å². The molecule has 2 aromatic carbocycles. The average Bonchev–Trinajstić information content (AvgIpc) is 3.36. The smallest absolute Gasteiger partial charge is 0.123 e. The second-order valence-corrected chi connectivity index (χ2v) is 11.1. The zero-order valence-corrected chi connectivity index (χ0v) is 19.6. The first-order chi connectivity index (χ1) is 15.9. The molecule has 2 aliphatic carbocycles. The minimum absolute atomic E-state index is 0.00320. The first kappa shape index (κ1) is 22.2. The van der Waals surface area contributed by atoms with Crippen LogP contribution in [0.15, 0.2) is 71.3 Å². The average molecular weight is 465 g/mol. The molecule has 2 aliphatic rings. The highest BCUT2D eigenvalue weighted by Gasteiger charge is 2.45. The summed E-state index contributed by atoms with van der Waals surface area (Å²) in [6, 6.07) is 15.9. The van der Waals surface area contributed by atoms with E-state index in [1.165, 1.54) is 23.3 Å². The molecule has 0 spiro atoms. The molecule has 1 unspecified atom stereocenters. The summed E-state index contributed by atoms with van der Waals surface area (Å²) < 4.78 is 27.8. The van der Waals surface area contributed by atoms with E-state index in [4.69, 9.17) is 0 Å². The molecule has 0 amide bonds. The second-order valence-electron chi connectivity index (χ2n) is 9.48. The molecule has 0 bridgehead atoms. The molecule has 1 N–H and O–H groups in total. The lowest BCUT2D eigenvalue weighted by atomic mass is 9.68. The van der Waals surface area contributed by atoms with E-state index in [9.17, 15) is 13.7 Å². The van der Waals surface area contributed by atoms with Crippen molar-refractivity contribution in [2.45, 2.75) is 50.0 Å². The van der Waals surface area contributed by atoms with E-state index < -0.39 is 16.9 Å². The van der Waals surface area contributed by atoms with Crippen molar-refractivity contribution in [2.75, 3.05) is 5.75 Å². The Morgan fingerprint density at radius 1 is 1.21 bits per heavy atom. The highest BCUT2D eigenvalue weighted by Crippen LogP contribution is 2.54. The van der Waals surface area contributed by atoms with Gasteiger partial charge in [0.1, 0.15) is 5.82 Å². The number of benzene rings is 2. The van der Waals surface area contributed by atoms with Gasteiger partial charge in [-0.1, -0.05) is 30.7 Å². The van der Waals surface area contributed by atoms with Gasteiger partial charge in [0.05, 0.1) is 34.5 Å². The quantitative estimate of drug-likeness (QED) is 0.515. The molecule has 5 rings (SSSR count). The molecule has 1 fully saturated rings. The van der Waals surface area contributed by atoms with E-state index in [0.29, 0.717) is 18.1 Å². The summed E-state index contributed by atoms with van der Waals surface area (Å²) in [7, 11) is -1.08. The van der Waals surface area contributed by atoms with Crippen LogP contribution in [0.4, 0.5) is 4.39 Å². The van der Waals surface area contributed by atoms with Gasteiger partial charge in [0.25, 0.3) is 0 Å². The van der Waals surface area contributed by atoms with Crippen LogP contribution in [0, 0.1) is 17.2 Å². The van der Waals surface area contributed by atoms with Gasteiger partial charge in [0.15, 0.2) is 0 Å². The summed E-state index contributed by atoms with van der Waals surface area (Å²) in [5.41, 5.74) is 4.53. The zero-order chi connectivity index (χ0) is 23.0. The predicted molar refractivity (Wildman–Crippen MR) is 129 cm³/mol. The summed E-state index contributed by atoms with van der Waals surface area (Å²) in [5.74, 6) is 0.605. The van der Waals surface area contributed by atoms with Crippen molar-refractivity contribution in [2.24, 2.45) is 11.3 Å². The van der Waals surface area contributed by atoms with Crippen molar-refractivity contribution in [1.82, 2.24) is 9.78 Å². The van der Waals surface area contributed by atoms with Crippen LogP contribution in [0.1, 0.15) is 43.9 Å². The maximum atomic E-state index is 13.3. The fourth-order valence-electron chi connectivity index (χ4n) is 5.48. The van der Waals surface area contributed by atoms with Crippen molar-refractivity contribution in [3.05, 3.63) is 83.4 Å². The number of fused-ring (bicyclic) bond motifs is 2. The van der Waals surface area contributed by atoms with Gasteiger partial charge in [-0.2, -0.15) is 5.10 Å². The Kier molecular flexibility index (Phi) is 6.06. The Labute approximate surface area is 196 Å². The molecule has 0 aliphatic heterocycles. The van der Waals surface area contributed by atoms with Crippen molar-refractivity contribution in [3.8, 4) is 5.69 Å². The third-order valence-electron chi connectivity index (χ3n) is 7.42. The number of nitrogens with zero attached hydrogens (tertiary/aromatic N) is 2. The molecular formula is C27H29FN2O2S. The molecule has 0 radical (unpaired) electrons. The lowest BCUT2D eigenvalue weighted by Gasteiger charge is -2.37. The van der Waals surface area contributed by atoms with Gasteiger partial charge >= 0.3 is 0 Å². The topological polar surface area (TPSA) is 55.1 Å². The molecule has 6 heteroatoms. The summed E-state index contributed by atoms with van der Waals surface area (Å²) in [4.78, 5) is 0.820. The van der Waals surface area contributed by atoms with E-state index in [2.05, 4.69) is 18.1 Å². The number of aliphatic hydroxyl groups is 1. The van der Waals surface area contributed by atoms with E-state index >= 15 is 0 Å². The van der Waals surface area contributed by atoms with E-state index in [1.807, 2.05) is 41.2 Å². The van der Waals surface area contributed by atoms with Crippen molar-refractivity contribution >= 4 is 16.9 Å². The summed E-state index contributed by atoms with van der Waals surface area (Å²) in [5, 5.41) is 15.4. The maximum absolute atomic E-state index is 13.3. The van der Waals surface area contributed by atoms with Gasteiger partial charge in [-0.25, -0.2) is 9.07 Å². The molecule has 3 aromatic rings. The molecule has 1 aromatic heterocycles. The van der Waals surface area contributed by atoms with Crippen LogP contribution in [0.3, 0.4) is 0 Å². The SMILES string of the molecule is C[C@]12Cc3cnn(-c4ccc(F)cc4)c3C=C1CC[C@@H]2C[C@@H](O)CCS(=O)c1ccccc1. The van der Waals surface area contributed by atoms with Gasteiger partial charge in [0.2, 0.25) is 0 Å². The lowest BCUT2D eigenvalue weighted by Crippen LogP contribution is -2.31. The van der Waals surface area contributed by atoms with Crippen LogP contribution >= 0.6 is 0 Å². The maximum Gasteiger partial charge on any atom is 0.123 e. The minimum Gasteiger partial charge on any atom is -0.393 e. The Hall–Kier alpha value is -2.57. The van der Waals surface area contributed by atoms with E-state index in [-0.39, 0.29) is 11.2 Å². The van der Waals surface area contributed by atoms with Crippen LogP contribution in [0.2, 0.25) is 0 Å². The van der Waals surface area contributed by atoms with Crippen molar-refractivity contribution < 1.29 is 13.7 Å². The number of halogens is 1. The van der Waals surface area contributed by atoms with E-state index in [1.54, 1.807) is 12.1 Å². The van der Waals surface area contributed by atoms with Gasteiger partial charge < -0.3 is 5.11 Å². The molecule has 4 nitrogen and oxygen atoms in total. The normalized spacial score (nSPS) is 23.5.